The molecule has 0 saturated carbocycles. The molecule has 1 amide bonds. The van der Waals surface area contributed by atoms with Crippen molar-refractivity contribution in [1.82, 2.24) is 10.2 Å². The van der Waals surface area contributed by atoms with Crippen LogP contribution in [-0.4, -0.2) is 49.0 Å². The van der Waals surface area contributed by atoms with E-state index < -0.39 is 0 Å². The number of amides is 1. The average Bonchev–Trinajstić information content (AvgIpc) is 2.83. The molecule has 0 aromatic heterocycles. The van der Waals surface area contributed by atoms with Crippen molar-refractivity contribution in [2.75, 3.05) is 32.9 Å². The highest BCUT2D eigenvalue weighted by atomic mass is 33.1. The van der Waals surface area contributed by atoms with Crippen LogP contribution < -0.4 is 5.32 Å². The van der Waals surface area contributed by atoms with E-state index in [2.05, 4.69) is 24.3 Å². The third kappa shape index (κ3) is 8.27. The van der Waals surface area contributed by atoms with Crippen molar-refractivity contribution in [3.8, 4) is 0 Å². The van der Waals surface area contributed by atoms with Crippen LogP contribution in [0.4, 0.5) is 0 Å². The van der Waals surface area contributed by atoms with Crippen molar-refractivity contribution in [2.45, 2.75) is 43.8 Å². The fourth-order valence-electron chi connectivity index (χ4n) is 1.93. The first-order valence-corrected chi connectivity index (χ1v) is 9.26. The monoisotopic (exact) mass is 290 g/mol. The smallest absolute Gasteiger partial charge is 0.219 e. The van der Waals surface area contributed by atoms with Crippen LogP contribution in [0.25, 0.3) is 0 Å². The molecule has 1 N–H and O–H groups in total. The minimum atomic E-state index is 0.224. The molecule has 0 bridgehead atoms. The quantitative estimate of drug-likeness (QED) is 0.523. The van der Waals surface area contributed by atoms with E-state index in [1.165, 1.54) is 25.0 Å². The van der Waals surface area contributed by atoms with Crippen LogP contribution in [0.2, 0.25) is 0 Å². The third-order valence-corrected chi connectivity index (χ3v) is 6.02. The molecule has 1 aliphatic heterocycles. The molecule has 0 unspecified atom stereocenters. The maximum atomic E-state index is 11.5. The molecule has 1 heterocycles. The van der Waals surface area contributed by atoms with Gasteiger partial charge in [0.2, 0.25) is 5.91 Å². The van der Waals surface area contributed by atoms with Crippen LogP contribution in [0.5, 0.6) is 0 Å². The molecular formula is C13H26N2OS2. The molecule has 0 spiro atoms. The molecule has 1 fully saturated rings. The zero-order valence-electron chi connectivity index (χ0n) is 11.6. The Bertz CT molecular complexity index is 231. The first kappa shape index (κ1) is 16.2. The van der Waals surface area contributed by atoms with Crippen molar-refractivity contribution in [1.29, 1.82) is 0 Å². The van der Waals surface area contributed by atoms with Crippen molar-refractivity contribution < 1.29 is 4.79 Å². The normalized spacial score (nSPS) is 19.4. The topological polar surface area (TPSA) is 32.3 Å². The summed E-state index contributed by atoms with van der Waals surface area (Å²) < 4.78 is 0. The standard InChI is InChI=1S/C13H26N2OS2/c1-15(2)10-5-9-14-13(16)7-4-3-6-12-8-11-17-18-12/h12H,3-11H2,1-2H3,(H,14,16)/t12-/m1/s1. The van der Waals surface area contributed by atoms with Gasteiger partial charge in [0.1, 0.15) is 0 Å². The lowest BCUT2D eigenvalue weighted by Crippen LogP contribution is -2.26. The van der Waals surface area contributed by atoms with Gasteiger partial charge < -0.3 is 10.2 Å². The summed E-state index contributed by atoms with van der Waals surface area (Å²) in [4.78, 5) is 13.7. The molecule has 1 atom stereocenters. The Morgan fingerprint density at radius 3 is 2.83 bits per heavy atom. The predicted octanol–water partition coefficient (Wildman–Crippen LogP) is 2.77. The Labute approximate surface area is 119 Å². The Morgan fingerprint density at radius 2 is 2.17 bits per heavy atom. The van der Waals surface area contributed by atoms with Gasteiger partial charge in [0.05, 0.1) is 0 Å². The number of carbonyl (C=O) groups excluding carboxylic acids is 1. The van der Waals surface area contributed by atoms with Gasteiger partial charge in [-0.05, 0) is 46.3 Å². The molecule has 1 aliphatic rings. The molecule has 5 heteroatoms. The van der Waals surface area contributed by atoms with E-state index in [4.69, 9.17) is 0 Å². The van der Waals surface area contributed by atoms with Crippen molar-refractivity contribution in [2.24, 2.45) is 0 Å². The number of carbonyl (C=O) groups is 1. The van der Waals surface area contributed by atoms with Gasteiger partial charge in [0.15, 0.2) is 0 Å². The summed E-state index contributed by atoms with van der Waals surface area (Å²) in [5.41, 5.74) is 0. The molecule has 106 valence electrons. The van der Waals surface area contributed by atoms with Gasteiger partial charge in [0.25, 0.3) is 0 Å². The summed E-state index contributed by atoms with van der Waals surface area (Å²) in [6, 6.07) is 0. The van der Waals surface area contributed by atoms with E-state index in [0.29, 0.717) is 6.42 Å². The zero-order chi connectivity index (χ0) is 13.2. The van der Waals surface area contributed by atoms with E-state index >= 15 is 0 Å². The molecule has 0 aromatic carbocycles. The van der Waals surface area contributed by atoms with Crippen molar-refractivity contribution in [3.05, 3.63) is 0 Å². The average molecular weight is 290 g/mol. The van der Waals surface area contributed by atoms with Crippen LogP contribution in [0.15, 0.2) is 0 Å². The highest BCUT2D eigenvalue weighted by molar-refractivity contribution is 8.77. The lowest BCUT2D eigenvalue weighted by molar-refractivity contribution is -0.121. The van der Waals surface area contributed by atoms with Gasteiger partial charge in [-0.3, -0.25) is 4.79 Å². The number of rotatable bonds is 9. The first-order chi connectivity index (χ1) is 8.68. The molecule has 1 rings (SSSR count). The van der Waals surface area contributed by atoms with Crippen LogP contribution in [0, 0.1) is 0 Å². The second-order valence-corrected chi connectivity index (χ2v) is 7.87. The Balaban J connectivity index is 1.87. The van der Waals surface area contributed by atoms with Gasteiger partial charge in [-0.15, -0.1) is 0 Å². The molecule has 1 saturated heterocycles. The predicted molar refractivity (Wildman–Crippen MR) is 83.1 cm³/mol. The SMILES string of the molecule is CN(C)CCCNC(=O)CCCC[C@@H]1CCSS1. The summed E-state index contributed by atoms with van der Waals surface area (Å²) in [6.45, 7) is 1.85. The van der Waals surface area contributed by atoms with Crippen LogP contribution in [-0.2, 0) is 4.79 Å². The lowest BCUT2D eigenvalue weighted by atomic mass is 10.1. The molecule has 18 heavy (non-hydrogen) atoms. The summed E-state index contributed by atoms with van der Waals surface area (Å²) in [5, 5.41) is 3.84. The Kier molecular flexibility index (Phi) is 8.98. The first-order valence-electron chi connectivity index (χ1n) is 6.88. The molecule has 0 aromatic rings. The summed E-state index contributed by atoms with van der Waals surface area (Å²) in [6.07, 6.45) is 6.61. The molecule has 3 nitrogen and oxygen atoms in total. The fourth-order valence-corrected chi connectivity index (χ4v) is 4.96. The second kappa shape index (κ2) is 9.98. The fraction of sp³-hybridized carbons (Fsp3) is 0.923. The summed E-state index contributed by atoms with van der Waals surface area (Å²) >= 11 is 0. The van der Waals surface area contributed by atoms with E-state index in [0.717, 1.165) is 31.2 Å². The van der Waals surface area contributed by atoms with Crippen LogP contribution in [0.1, 0.15) is 38.5 Å². The summed E-state index contributed by atoms with van der Waals surface area (Å²) in [5.74, 6) is 1.53. The molecular weight excluding hydrogens is 264 g/mol. The molecule has 0 aliphatic carbocycles. The Hall–Kier alpha value is 0.130. The van der Waals surface area contributed by atoms with E-state index in [-0.39, 0.29) is 5.91 Å². The van der Waals surface area contributed by atoms with Crippen molar-refractivity contribution in [3.63, 3.8) is 0 Å². The highest BCUT2D eigenvalue weighted by Crippen LogP contribution is 2.39. The molecule has 0 radical (unpaired) electrons. The largest absolute Gasteiger partial charge is 0.356 e. The van der Waals surface area contributed by atoms with E-state index in [1.807, 2.05) is 21.6 Å². The third-order valence-electron chi connectivity index (χ3n) is 3.01. The van der Waals surface area contributed by atoms with E-state index in [1.54, 1.807) is 0 Å². The highest BCUT2D eigenvalue weighted by Gasteiger charge is 2.15. The number of hydrogen-bond donors (Lipinski definition) is 1. The second-order valence-electron chi connectivity index (χ2n) is 5.08. The minimum absolute atomic E-state index is 0.224. The number of nitrogens with zero attached hydrogens (tertiary/aromatic N) is 1. The van der Waals surface area contributed by atoms with Crippen LogP contribution in [0.3, 0.4) is 0 Å². The van der Waals surface area contributed by atoms with Gasteiger partial charge in [0, 0.05) is 24.0 Å². The number of unbranched alkanes of at least 4 members (excludes halogenated alkanes) is 1. The number of nitrogens with one attached hydrogen (secondary N) is 1. The summed E-state index contributed by atoms with van der Waals surface area (Å²) in [7, 11) is 8.14. The van der Waals surface area contributed by atoms with E-state index in [9.17, 15) is 4.79 Å². The zero-order valence-corrected chi connectivity index (χ0v) is 13.2. The maximum absolute atomic E-state index is 11.5. The van der Waals surface area contributed by atoms with Crippen molar-refractivity contribution >= 4 is 27.5 Å². The minimum Gasteiger partial charge on any atom is -0.356 e. The van der Waals surface area contributed by atoms with Gasteiger partial charge >= 0.3 is 0 Å². The lowest BCUT2D eigenvalue weighted by Gasteiger charge is -2.10. The van der Waals surface area contributed by atoms with Crippen LogP contribution >= 0.6 is 21.6 Å². The Morgan fingerprint density at radius 1 is 1.33 bits per heavy atom. The number of hydrogen-bond acceptors (Lipinski definition) is 4. The van der Waals surface area contributed by atoms with Gasteiger partial charge in [-0.1, -0.05) is 28.0 Å². The van der Waals surface area contributed by atoms with Gasteiger partial charge in [-0.2, -0.15) is 0 Å². The van der Waals surface area contributed by atoms with Gasteiger partial charge in [-0.25, -0.2) is 0 Å². The maximum Gasteiger partial charge on any atom is 0.219 e.